The summed E-state index contributed by atoms with van der Waals surface area (Å²) in [7, 11) is 0. The summed E-state index contributed by atoms with van der Waals surface area (Å²) in [6.45, 7) is 12.4. The Bertz CT molecular complexity index is 2570. The summed E-state index contributed by atoms with van der Waals surface area (Å²) in [5.74, 6) is 0.622. The van der Waals surface area contributed by atoms with Crippen LogP contribution in [0.15, 0.2) is 187 Å². The first-order valence-electron chi connectivity index (χ1n) is 19.7. The molecule has 0 aliphatic heterocycles. The average Bonchev–Trinajstić information content (AvgIpc) is 3.59. The van der Waals surface area contributed by atoms with Crippen LogP contribution in [0.3, 0.4) is 0 Å². The zero-order valence-electron chi connectivity index (χ0n) is 32.3. The molecule has 2 unspecified atom stereocenters. The molecule has 55 heavy (non-hydrogen) atoms. The molecule has 3 aliphatic rings. The third-order valence-electron chi connectivity index (χ3n) is 12.8. The third-order valence-corrected chi connectivity index (χ3v) is 12.8. The fraction of sp³-hybridized carbons (Fsp3) is 0.170. The van der Waals surface area contributed by atoms with Crippen LogP contribution in [0.2, 0.25) is 0 Å². The van der Waals surface area contributed by atoms with Gasteiger partial charge in [0.2, 0.25) is 0 Å². The predicted octanol–water partition coefficient (Wildman–Crippen LogP) is 14.5. The lowest BCUT2D eigenvalue weighted by molar-refractivity contribution is 0.471. The molecule has 0 saturated carbocycles. The molecular formula is C53H46N2. The van der Waals surface area contributed by atoms with E-state index in [4.69, 9.17) is 0 Å². The van der Waals surface area contributed by atoms with E-state index >= 15 is 0 Å². The van der Waals surface area contributed by atoms with E-state index in [1.165, 1.54) is 55.5 Å². The monoisotopic (exact) mass is 710 g/mol. The Morgan fingerprint density at radius 2 is 0.945 bits per heavy atom. The first kappa shape index (κ1) is 33.4. The molecule has 3 aliphatic carbocycles. The topological polar surface area (TPSA) is 6.48 Å². The predicted molar refractivity (Wildman–Crippen MR) is 233 cm³/mol. The van der Waals surface area contributed by atoms with Crippen LogP contribution >= 0.6 is 0 Å². The lowest BCUT2D eigenvalue weighted by atomic mass is 9.66. The minimum atomic E-state index is -0.158. The molecule has 0 fully saturated rings. The SMILES string of the molecule is CC1C2=C(C=C3C1c1c(cc(N(c4ccccc4)c4ccccc4)c4ccccc14)C3(C)C)c1ccc(N(c3ccccc3)c3ccccc3)cc1C2(C)C. The Hall–Kier alpha value is -6.12. The average molecular weight is 711 g/mol. The summed E-state index contributed by atoms with van der Waals surface area (Å²) < 4.78 is 0. The Morgan fingerprint density at radius 3 is 1.49 bits per heavy atom. The van der Waals surface area contributed by atoms with E-state index < -0.39 is 0 Å². The zero-order valence-corrected chi connectivity index (χ0v) is 32.3. The van der Waals surface area contributed by atoms with Crippen molar-refractivity contribution in [1.82, 2.24) is 0 Å². The van der Waals surface area contributed by atoms with Gasteiger partial charge in [0.05, 0.1) is 5.69 Å². The van der Waals surface area contributed by atoms with Gasteiger partial charge in [0.1, 0.15) is 0 Å². The van der Waals surface area contributed by atoms with E-state index in [2.05, 4.69) is 220 Å². The molecule has 0 bridgehead atoms. The van der Waals surface area contributed by atoms with Crippen molar-refractivity contribution in [2.75, 3.05) is 9.80 Å². The highest BCUT2D eigenvalue weighted by molar-refractivity contribution is 6.03. The molecule has 0 radical (unpaired) electrons. The van der Waals surface area contributed by atoms with Crippen molar-refractivity contribution >= 4 is 50.5 Å². The molecule has 0 heterocycles. The van der Waals surface area contributed by atoms with E-state index in [0.717, 1.165) is 22.7 Å². The third kappa shape index (κ3) is 5.01. The first-order chi connectivity index (χ1) is 26.7. The van der Waals surface area contributed by atoms with Crippen LogP contribution < -0.4 is 9.80 Å². The molecule has 2 nitrogen and oxygen atoms in total. The quantitative estimate of drug-likeness (QED) is 0.170. The van der Waals surface area contributed by atoms with Gasteiger partial charge in [-0.05, 0) is 111 Å². The standard InChI is InChI=1S/C53H46N2/c1-35-49-46(33-44-41-31-30-40(32-45(41)53(4,5)51(35)44)54(36-20-10-6-11-21-36)37-22-12-7-13-23-37)52(2,3)47-34-48(42-28-18-19-29-43(42)50(47)49)55(38-24-14-8-15-25-38)39-26-16-9-17-27-39/h6-35,49H,1-5H3. The Labute approximate surface area is 325 Å². The minimum absolute atomic E-state index is 0.138. The number of fused-ring (bicyclic) bond motifs is 7. The smallest absolute Gasteiger partial charge is 0.0543 e. The minimum Gasteiger partial charge on any atom is -0.310 e. The molecule has 268 valence electrons. The number of hydrogen-bond acceptors (Lipinski definition) is 2. The number of benzene rings is 7. The van der Waals surface area contributed by atoms with Crippen LogP contribution in [-0.2, 0) is 10.8 Å². The molecule has 0 N–H and O–H groups in total. The second-order valence-electron chi connectivity index (χ2n) is 16.6. The van der Waals surface area contributed by atoms with Crippen molar-refractivity contribution < 1.29 is 0 Å². The lowest BCUT2D eigenvalue weighted by Crippen LogP contribution is -2.28. The summed E-state index contributed by atoms with van der Waals surface area (Å²) in [5, 5.41) is 2.65. The highest BCUT2D eigenvalue weighted by Gasteiger charge is 2.52. The van der Waals surface area contributed by atoms with Gasteiger partial charge >= 0.3 is 0 Å². The van der Waals surface area contributed by atoms with Crippen molar-refractivity contribution in [3.63, 3.8) is 0 Å². The number of rotatable bonds is 6. The van der Waals surface area contributed by atoms with Gasteiger partial charge in [0.15, 0.2) is 0 Å². The van der Waals surface area contributed by atoms with E-state index in [9.17, 15) is 0 Å². The van der Waals surface area contributed by atoms with Crippen molar-refractivity contribution in [1.29, 1.82) is 0 Å². The Morgan fingerprint density at radius 1 is 0.455 bits per heavy atom. The van der Waals surface area contributed by atoms with E-state index in [1.54, 1.807) is 5.57 Å². The van der Waals surface area contributed by atoms with Crippen LogP contribution in [-0.4, -0.2) is 0 Å². The molecule has 2 heteroatoms. The second kappa shape index (κ2) is 12.5. The van der Waals surface area contributed by atoms with Crippen LogP contribution in [0.4, 0.5) is 34.1 Å². The van der Waals surface area contributed by atoms with Gasteiger partial charge in [-0.25, -0.2) is 0 Å². The van der Waals surface area contributed by atoms with Crippen molar-refractivity contribution in [2.24, 2.45) is 5.92 Å². The van der Waals surface area contributed by atoms with Crippen molar-refractivity contribution in [3.8, 4) is 0 Å². The van der Waals surface area contributed by atoms with Gasteiger partial charge in [-0.15, -0.1) is 0 Å². The maximum atomic E-state index is 2.61. The number of allylic oxidation sites excluding steroid dienone is 4. The summed E-state index contributed by atoms with van der Waals surface area (Å²) in [6.07, 6.45) is 2.61. The number of hydrogen-bond donors (Lipinski definition) is 0. The highest BCUT2D eigenvalue weighted by Crippen LogP contribution is 2.65. The van der Waals surface area contributed by atoms with Crippen LogP contribution in [0, 0.1) is 5.92 Å². The van der Waals surface area contributed by atoms with Gasteiger partial charge < -0.3 is 9.80 Å². The van der Waals surface area contributed by atoms with Gasteiger partial charge in [-0.3, -0.25) is 0 Å². The normalized spacial score (nSPS) is 18.6. The van der Waals surface area contributed by atoms with Gasteiger partial charge in [0.25, 0.3) is 0 Å². The molecule has 7 aromatic carbocycles. The molecule has 2 atom stereocenters. The summed E-state index contributed by atoms with van der Waals surface area (Å²) >= 11 is 0. The fourth-order valence-electron chi connectivity index (χ4n) is 10.4. The molecule has 0 aromatic heterocycles. The Kier molecular flexibility index (Phi) is 7.58. The fourth-order valence-corrected chi connectivity index (χ4v) is 10.4. The van der Waals surface area contributed by atoms with E-state index in [-0.39, 0.29) is 10.8 Å². The van der Waals surface area contributed by atoms with E-state index in [1.807, 2.05) is 0 Å². The van der Waals surface area contributed by atoms with Crippen LogP contribution in [0.5, 0.6) is 0 Å². The maximum absolute atomic E-state index is 2.61. The summed E-state index contributed by atoms with van der Waals surface area (Å²) in [4.78, 5) is 4.84. The summed E-state index contributed by atoms with van der Waals surface area (Å²) in [5.41, 5.74) is 17.0. The van der Waals surface area contributed by atoms with Crippen molar-refractivity contribution in [3.05, 3.63) is 209 Å². The molecule has 0 amide bonds. The molecular weight excluding hydrogens is 665 g/mol. The van der Waals surface area contributed by atoms with Crippen LogP contribution in [0.25, 0.3) is 16.3 Å². The molecule has 0 saturated heterocycles. The number of para-hydroxylation sites is 4. The molecule has 7 aromatic rings. The van der Waals surface area contributed by atoms with Crippen molar-refractivity contribution in [2.45, 2.75) is 51.4 Å². The Balaban J connectivity index is 1.13. The summed E-state index contributed by atoms with van der Waals surface area (Å²) in [6, 6.07) is 62.1. The van der Waals surface area contributed by atoms with E-state index in [0.29, 0.717) is 11.8 Å². The number of anilines is 6. The van der Waals surface area contributed by atoms with Gasteiger partial charge in [-0.1, -0.05) is 149 Å². The van der Waals surface area contributed by atoms with Gasteiger partial charge in [0, 0.05) is 50.6 Å². The largest absolute Gasteiger partial charge is 0.310 e. The maximum Gasteiger partial charge on any atom is 0.0543 e. The molecule has 0 spiro atoms. The van der Waals surface area contributed by atoms with Gasteiger partial charge in [-0.2, -0.15) is 0 Å². The first-order valence-corrected chi connectivity index (χ1v) is 19.7. The molecule has 10 rings (SSSR count). The highest BCUT2D eigenvalue weighted by atomic mass is 15.1. The van der Waals surface area contributed by atoms with Crippen LogP contribution in [0.1, 0.15) is 62.8 Å². The lowest BCUT2D eigenvalue weighted by Gasteiger charge is -2.38. The second-order valence-corrected chi connectivity index (χ2v) is 16.6. The number of nitrogens with zero attached hydrogens (tertiary/aromatic N) is 2. The zero-order chi connectivity index (χ0) is 37.5.